The summed E-state index contributed by atoms with van der Waals surface area (Å²) in [5.41, 5.74) is 1.32. The highest BCUT2D eigenvalue weighted by molar-refractivity contribution is 6.92. The Balaban J connectivity index is 1.95. The van der Waals surface area contributed by atoms with Gasteiger partial charge in [0.2, 0.25) is 8.32 Å². The zero-order valence-corrected chi connectivity index (χ0v) is 19.3. The van der Waals surface area contributed by atoms with Gasteiger partial charge >= 0.3 is 0 Å². The van der Waals surface area contributed by atoms with Gasteiger partial charge in [-0.1, -0.05) is 121 Å². The first-order valence-corrected chi connectivity index (χ1v) is 15.9. The van der Waals surface area contributed by atoms with Crippen molar-refractivity contribution in [3.05, 3.63) is 103 Å². The topological polar surface area (TPSA) is 9.23 Å². The van der Waals surface area contributed by atoms with Gasteiger partial charge in [0, 0.05) is 0 Å². The average molecular weight is 403 g/mol. The molecule has 0 radical (unpaired) electrons. The van der Waals surface area contributed by atoms with E-state index in [0.29, 0.717) is 0 Å². The van der Waals surface area contributed by atoms with Crippen molar-refractivity contribution >= 4 is 32.8 Å². The average Bonchev–Trinajstić information content (AvgIpc) is 2.73. The molecule has 0 aliphatic carbocycles. The molecule has 0 aliphatic heterocycles. The quantitative estimate of drug-likeness (QED) is 0.484. The van der Waals surface area contributed by atoms with Gasteiger partial charge in [0.1, 0.15) is 8.07 Å². The van der Waals surface area contributed by atoms with Crippen molar-refractivity contribution in [1.29, 1.82) is 0 Å². The molecule has 3 aromatic rings. The molecule has 3 rings (SSSR count). The molecule has 144 valence electrons. The molecule has 1 nitrogen and oxygen atoms in total. The highest BCUT2D eigenvalue weighted by Gasteiger charge is 2.38. The van der Waals surface area contributed by atoms with E-state index < -0.39 is 16.4 Å². The Hall–Kier alpha value is -2.21. The first-order valence-electron chi connectivity index (χ1n) is 9.92. The monoisotopic (exact) mass is 402 g/mol. The Kier molecular flexibility index (Phi) is 6.50. The van der Waals surface area contributed by atoms with E-state index >= 15 is 0 Å². The molecular weight excluding hydrogens is 372 g/mol. The number of hydrogen-bond acceptors (Lipinski definition) is 1. The number of rotatable bonds is 7. The van der Waals surface area contributed by atoms with Crippen LogP contribution < -0.4 is 10.4 Å². The Labute approximate surface area is 171 Å². The summed E-state index contributed by atoms with van der Waals surface area (Å²) in [5.74, 6) is 0. The SMILES string of the molecule is C[Si](C)(OC(/C=C/c1ccccc1)[Si](C)(C)c1ccccc1)c1ccccc1. The van der Waals surface area contributed by atoms with E-state index in [0.717, 1.165) is 0 Å². The van der Waals surface area contributed by atoms with Gasteiger partial charge in [0.25, 0.3) is 0 Å². The van der Waals surface area contributed by atoms with Crippen LogP contribution in [-0.4, -0.2) is 22.1 Å². The Morgan fingerprint density at radius 1 is 0.643 bits per heavy atom. The minimum Gasteiger partial charge on any atom is -0.409 e. The minimum atomic E-state index is -2.04. The Morgan fingerprint density at radius 2 is 1.11 bits per heavy atom. The molecule has 0 N–H and O–H groups in total. The molecule has 0 saturated heterocycles. The molecule has 0 fully saturated rings. The molecule has 3 aromatic carbocycles. The molecule has 0 saturated carbocycles. The second-order valence-electron chi connectivity index (χ2n) is 8.27. The molecule has 3 heteroatoms. The normalized spacial score (nSPS) is 13.6. The van der Waals surface area contributed by atoms with E-state index in [9.17, 15) is 0 Å². The van der Waals surface area contributed by atoms with Crippen LogP contribution in [0.2, 0.25) is 26.2 Å². The zero-order chi connectivity index (χ0) is 20.0. The summed E-state index contributed by atoms with van der Waals surface area (Å²) < 4.78 is 6.98. The van der Waals surface area contributed by atoms with Crippen LogP contribution in [-0.2, 0) is 4.43 Å². The summed E-state index contributed by atoms with van der Waals surface area (Å²) in [6.45, 7) is 9.44. The van der Waals surface area contributed by atoms with E-state index in [1.54, 1.807) is 0 Å². The first kappa shape index (κ1) is 20.5. The Morgan fingerprint density at radius 3 is 1.64 bits per heavy atom. The van der Waals surface area contributed by atoms with E-state index in [1.165, 1.54) is 15.9 Å². The van der Waals surface area contributed by atoms with Crippen molar-refractivity contribution < 1.29 is 4.43 Å². The van der Waals surface area contributed by atoms with Crippen LogP contribution in [0.25, 0.3) is 6.08 Å². The van der Waals surface area contributed by atoms with Crippen LogP contribution in [0.4, 0.5) is 0 Å². The van der Waals surface area contributed by atoms with Crippen molar-refractivity contribution in [2.75, 3.05) is 0 Å². The summed E-state index contributed by atoms with van der Waals surface area (Å²) in [4.78, 5) is 0. The van der Waals surface area contributed by atoms with Gasteiger partial charge in [-0.05, 0) is 23.8 Å². The number of benzene rings is 3. The summed E-state index contributed by atoms with van der Waals surface area (Å²) in [6.07, 6.45) is 4.52. The molecule has 0 heterocycles. The molecule has 0 aromatic heterocycles. The lowest BCUT2D eigenvalue weighted by molar-refractivity contribution is 0.314. The van der Waals surface area contributed by atoms with Crippen LogP contribution >= 0.6 is 0 Å². The predicted molar refractivity (Wildman–Crippen MR) is 127 cm³/mol. The van der Waals surface area contributed by atoms with E-state index in [1.807, 2.05) is 0 Å². The smallest absolute Gasteiger partial charge is 0.218 e. The van der Waals surface area contributed by atoms with Gasteiger partial charge in [-0.25, -0.2) is 0 Å². The van der Waals surface area contributed by atoms with Crippen LogP contribution in [0.3, 0.4) is 0 Å². The van der Waals surface area contributed by atoms with Crippen LogP contribution in [0.1, 0.15) is 5.56 Å². The molecule has 1 atom stereocenters. The van der Waals surface area contributed by atoms with Crippen molar-refractivity contribution in [2.45, 2.75) is 31.9 Å². The third-order valence-corrected chi connectivity index (χ3v) is 11.7. The third kappa shape index (κ3) is 4.99. The maximum absolute atomic E-state index is 6.98. The van der Waals surface area contributed by atoms with E-state index in [4.69, 9.17) is 4.43 Å². The van der Waals surface area contributed by atoms with Gasteiger partial charge in [0.05, 0.1) is 5.73 Å². The van der Waals surface area contributed by atoms with Gasteiger partial charge in [0.15, 0.2) is 0 Å². The maximum Gasteiger partial charge on any atom is 0.218 e. The van der Waals surface area contributed by atoms with Crippen molar-refractivity contribution in [2.24, 2.45) is 0 Å². The fourth-order valence-electron chi connectivity index (χ4n) is 3.45. The van der Waals surface area contributed by atoms with E-state index in [2.05, 4.69) is 129 Å². The summed E-state index contributed by atoms with van der Waals surface area (Å²) in [6, 6.07) is 32.1. The lowest BCUT2D eigenvalue weighted by Gasteiger charge is -2.37. The maximum atomic E-state index is 6.98. The predicted octanol–water partition coefficient (Wildman–Crippen LogP) is 5.35. The fraction of sp³-hybridized carbons (Fsp3) is 0.200. The molecule has 0 aliphatic rings. The molecule has 0 spiro atoms. The largest absolute Gasteiger partial charge is 0.409 e. The summed E-state index contributed by atoms with van der Waals surface area (Å²) in [5, 5.41) is 2.77. The fourth-order valence-corrected chi connectivity index (χ4v) is 9.31. The Bertz CT molecular complexity index is 888. The van der Waals surface area contributed by atoms with Crippen LogP contribution in [0, 0.1) is 0 Å². The molecule has 1 unspecified atom stereocenters. The summed E-state index contributed by atoms with van der Waals surface area (Å²) in [7, 11) is -3.92. The molecular formula is C25H30OSi2. The zero-order valence-electron chi connectivity index (χ0n) is 17.3. The van der Waals surface area contributed by atoms with E-state index in [-0.39, 0.29) is 5.73 Å². The number of hydrogen-bond donors (Lipinski definition) is 0. The van der Waals surface area contributed by atoms with Gasteiger partial charge in [-0.2, -0.15) is 0 Å². The second kappa shape index (κ2) is 8.86. The lowest BCUT2D eigenvalue weighted by atomic mass is 10.2. The summed E-state index contributed by atoms with van der Waals surface area (Å²) >= 11 is 0. The highest BCUT2D eigenvalue weighted by Crippen LogP contribution is 2.20. The molecule has 28 heavy (non-hydrogen) atoms. The van der Waals surface area contributed by atoms with Crippen molar-refractivity contribution in [1.82, 2.24) is 0 Å². The van der Waals surface area contributed by atoms with Crippen LogP contribution in [0.15, 0.2) is 97.1 Å². The highest BCUT2D eigenvalue weighted by atomic mass is 28.4. The first-order chi connectivity index (χ1) is 13.4. The molecule has 0 bridgehead atoms. The third-order valence-electron chi connectivity index (χ3n) is 5.38. The van der Waals surface area contributed by atoms with Gasteiger partial charge in [-0.15, -0.1) is 0 Å². The standard InChI is InChI=1S/C25H30OSi2/c1-27(2,23-16-10-6-11-17-23)25(21-20-22-14-8-5-9-15-22)26-28(3,4)24-18-12-7-13-19-24/h5-21,25H,1-4H3/b21-20+. The second-order valence-corrected chi connectivity index (χ2v) is 16.7. The van der Waals surface area contributed by atoms with Crippen molar-refractivity contribution in [3.63, 3.8) is 0 Å². The minimum absolute atomic E-state index is 0.108. The van der Waals surface area contributed by atoms with Crippen molar-refractivity contribution in [3.8, 4) is 0 Å². The van der Waals surface area contributed by atoms with Gasteiger partial charge in [-0.3, -0.25) is 0 Å². The lowest BCUT2D eigenvalue weighted by Crippen LogP contribution is -2.58. The van der Waals surface area contributed by atoms with Gasteiger partial charge < -0.3 is 4.43 Å². The van der Waals surface area contributed by atoms with Crippen LogP contribution in [0.5, 0.6) is 0 Å². The molecule has 0 amide bonds.